The van der Waals surface area contributed by atoms with Gasteiger partial charge in [0.2, 0.25) is 0 Å². The fraction of sp³-hybridized carbons (Fsp3) is 0.632. The Hall–Kier alpha value is -1.58. The third-order valence-corrected chi connectivity index (χ3v) is 4.95. The fourth-order valence-corrected chi connectivity index (χ4v) is 4.01. The van der Waals surface area contributed by atoms with Crippen molar-refractivity contribution >= 4 is 6.09 Å². The highest BCUT2D eigenvalue weighted by atomic mass is 19.1. The van der Waals surface area contributed by atoms with Crippen LogP contribution in [0.3, 0.4) is 0 Å². The minimum Gasteiger partial charge on any atom is -0.444 e. The summed E-state index contributed by atoms with van der Waals surface area (Å²) in [6, 6.07) is 6.99. The first kappa shape index (κ1) is 16.3. The molecule has 4 heteroatoms. The van der Waals surface area contributed by atoms with Crippen LogP contribution in [0, 0.1) is 17.7 Å². The molecule has 23 heavy (non-hydrogen) atoms. The summed E-state index contributed by atoms with van der Waals surface area (Å²) >= 11 is 0. The Bertz CT molecular complexity index is 564. The van der Waals surface area contributed by atoms with Crippen LogP contribution in [0.1, 0.15) is 45.6 Å². The van der Waals surface area contributed by atoms with Crippen molar-refractivity contribution in [2.75, 3.05) is 6.54 Å². The average molecular weight is 319 g/mol. The van der Waals surface area contributed by atoms with E-state index in [1.165, 1.54) is 18.6 Å². The highest BCUT2D eigenvalue weighted by molar-refractivity contribution is 5.69. The summed E-state index contributed by atoms with van der Waals surface area (Å²) < 4.78 is 18.7. The molecule has 3 fully saturated rings. The zero-order chi connectivity index (χ0) is 16.6. The number of hydrogen-bond donors (Lipinski definition) is 0. The van der Waals surface area contributed by atoms with E-state index in [0.717, 1.165) is 31.4 Å². The van der Waals surface area contributed by atoms with E-state index in [9.17, 15) is 9.18 Å². The molecule has 2 saturated heterocycles. The fourth-order valence-electron chi connectivity index (χ4n) is 4.01. The smallest absolute Gasteiger partial charge is 0.410 e. The van der Waals surface area contributed by atoms with Gasteiger partial charge in [0.1, 0.15) is 11.4 Å². The summed E-state index contributed by atoms with van der Waals surface area (Å²) in [5, 5.41) is 0. The lowest BCUT2D eigenvalue weighted by molar-refractivity contribution is -0.0316. The van der Waals surface area contributed by atoms with E-state index in [1.807, 2.05) is 37.8 Å². The molecule has 3 atom stereocenters. The molecule has 126 valence electrons. The third kappa shape index (κ3) is 3.85. The summed E-state index contributed by atoms with van der Waals surface area (Å²) in [5.41, 5.74) is 0.688. The summed E-state index contributed by atoms with van der Waals surface area (Å²) in [4.78, 5) is 14.4. The summed E-state index contributed by atoms with van der Waals surface area (Å²) in [7, 11) is 0. The molecule has 4 rings (SSSR count). The van der Waals surface area contributed by atoms with Crippen molar-refractivity contribution in [1.82, 2.24) is 4.90 Å². The maximum absolute atomic E-state index is 13.1. The first-order chi connectivity index (χ1) is 10.8. The number of hydrogen-bond acceptors (Lipinski definition) is 2. The van der Waals surface area contributed by atoms with Crippen LogP contribution < -0.4 is 0 Å². The number of carbonyl (C=O) groups excluding carboxylic acids is 1. The lowest BCUT2D eigenvalue weighted by atomic mass is 9.71. The third-order valence-electron chi connectivity index (χ3n) is 4.95. The van der Waals surface area contributed by atoms with Crippen LogP contribution in [0.25, 0.3) is 0 Å². The van der Waals surface area contributed by atoms with Gasteiger partial charge < -0.3 is 9.64 Å². The Labute approximate surface area is 137 Å². The molecule has 0 N–H and O–H groups in total. The molecule has 0 spiro atoms. The van der Waals surface area contributed by atoms with Crippen molar-refractivity contribution in [3.63, 3.8) is 0 Å². The van der Waals surface area contributed by atoms with E-state index in [4.69, 9.17) is 4.74 Å². The predicted octanol–water partition coefficient (Wildman–Crippen LogP) is 4.40. The summed E-state index contributed by atoms with van der Waals surface area (Å²) in [6.45, 7) is 6.54. The molecule has 1 saturated carbocycles. The second-order valence-corrected chi connectivity index (χ2v) is 7.97. The second-order valence-electron chi connectivity index (χ2n) is 7.97. The van der Waals surface area contributed by atoms with Crippen molar-refractivity contribution in [3.8, 4) is 0 Å². The Kier molecular flexibility index (Phi) is 4.35. The van der Waals surface area contributed by atoms with Gasteiger partial charge in [-0.05, 0) is 76.0 Å². The zero-order valence-electron chi connectivity index (χ0n) is 14.2. The Morgan fingerprint density at radius 3 is 2.57 bits per heavy atom. The topological polar surface area (TPSA) is 29.5 Å². The van der Waals surface area contributed by atoms with Crippen molar-refractivity contribution in [2.24, 2.45) is 11.8 Å². The highest BCUT2D eigenvalue weighted by Crippen LogP contribution is 2.41. The van der Waals surface area contributed by atoms with Gasteiger partial charge in [-0.25, -0.2) is 9.18 Å². The lowest BCUT2D eigenvalue weighted by Gasteiger charge is -2.50. The van der Waals surface area contributed by atoms with E-state index in [0.29, 0.717) is 11.8 Å². The number of halogens is 1. The molecule has 2 bridgehead atoms. The van der Waals surface area contributed by atoms with Crippen molar-refractivity contribution in [2.45, 2.75) is 58.1 Å². The van der Waals surface area contributed by atoms with Gasteiger partial charge in [0.15, 0.2) is 0 Å². The standard InChI is InChI=1S/C19H26FNO2/c1-19(2,3)23-18(22)21-12-14-6-9-17(21)15(11-14)10-13-4-7-16(20)8-5-13/h4-5,7-8,14-15,17H,6,9-12H2,1-3H3/t14-,15-,17+/m0/s1. The SMILES string of the molecule is CC(C)(C)OC(=O)N1C[C@H]2CC[C@@H]1[C@@H](Cc1ccc(F)cc1)C2. The number of ether oxygens (including phenoxy) is 1. The molecule has 1 aromatic carbocycles. The van der Waals surface area contributed by atoms with Gasteiger partial charge in [-0.2, -0.15) is 0 Å². The molecule has 3 aliphatic rings. The van der Waals surface area contributed by atoms with Crippen LogP contribution in [0.5, 0.6) is 0 Å². The van der Waals surface area contributed by atoms with Gasteiger partial charge in [0.05, 0.1) is 0 Å². The number of carbonyl (C=O) groups is 1. The second kappa shape index (κ2) is 6.14. The van der Waals surface area contributed by atoms with Crippen LogP contribution in [0.2, 0.25) is 0 Å². The van der Waals surface area contributed by atoms with Gasteiger partial charge in [-0.1, -0.05) is 12.1 Å². The first-order valence-corrected chi connectivity index (χ1v) is 8.56. The highest BCUT2D eigenvalue weighted by Gasteiger charge is 2.43. The van der Waals surface area contributed by atoms with Gasteiger partial charge in [0.25, 0.3) is 0 Å². The number of nitrogens with zero attached hydrogens (tertiary/aromatic N) is 1. The molecule has 0 radical (unpaired) electrons. The Balaban J connectivity index is 1.70. The van der Waals surface area contributed by atoms with Crippen LogP contribution in [-0.2, 0) is 11.2 Å². The molecule has 1 amide bonds. The van der Waals surface area contributed by atoms with Crippen LogP contribution in [0.4, 0.5) is 9.18 Å². The maximum Gasteiger partial charge on any atom is 0.410 e. The number of amides is 1. The zero-order valence-corrected chi connectivity index (χ0v) is 14.2. The van der Waals surface area contributed by atoms with E-state index in [-0.39, 0.29) is 18.0 Å². The molecule has 0 aromatic heterocycles. The van der Waals surface area contributed by atoms with Gasteiger partial charge in [-0.3, -0.25) is 0 Å². The van der Waals surface area contributed by atoms with Crippen molar-refractivity contribution in [3.05, 3.63) is 35.6 Å². The Morgan fingerprint density at radius 1 is 1.26 bits per heavy atom. The number of fused-ring (bicyclic) bond motifs is 3. The normalized spacial score (nSPS) is 27.1. The number of benzene rings is 1. The molecule has 2 aliphatic heterocycles. The monoisotopic (exact) mass is 319 g/mol. The van der Waals surface area contributed by atoms with E-state index >= 15 is 0 Å². The van der Waals surface area contributed by atoms with Gasteiger partial charge >= 0.3 is 6.09 Å². The largest absolute Gasteiger partial charge is 0.444 e. The Morgan fingerprint density at radius 2 is 1.96 bits per heavy atom. The van der Waals surface area contributed by atoms with E-state index in [2.05, 4.69) is 0 Å². The quantitative estimate of drug-likeness (QED) is 0.808. The molecule has 1 aromatic rings. The minimum atomic E-state index is -0.458. The molecule has 1 aliphatic carbocycles. The summed E-state index contributed by atoms with van der Waals surface area (Å²) in [6.07, 6.45) is 4.12. The van der Waals surface area contributed by atoms with Crippen LogP contribution in [-0.4, -0.2) is 29.2 Å². The average Bonchev–Trinajstić information content (AvgIpc) is 2.48. The summed E-state index contributed by atoms with van der Waals surface area (Å²) in [5.74, 6) is 0.813. The molecule has 0 unspecified atom stereocenters. The molecule has 3 nitrogen and oxygen atoms in total. The van der Waals surface area contributed by atoms with Gasteiger partial charge in [0, 0.05) is 12.6 Å². The van der Waals surface area contributed by atoms with Crippen molar-refractivity contribution in [1.29, 1.82) is 0 Å². The van der Waals surface area contributed by atoms with E-state index < -0.39 is 5.60 Å². The predicted molar refractivity (Wildman–Crippen MR) is 87.7 cm³/mol. The van der Waals surface area contributed by atoms with Crippen LogP contribution >= 0.6 is 0 Å². The lowest BCUT2D eigenvalue weighted by Crippen LogP contribution is -2.56. The maximum atomic E-state index is 13.1. The van der Waals surface area contributed by atoms with E-state index in [1.54, 1.807) is 0 Å². The first-order valence-electron chi connectivity index (χ1n) is 8.56. The molecular weight excluding hydrogens is 293 g/mol. The van der Waals surface area contributed by atoms with Crippen LogP contribution in [0.15, 0.2) is 24.3 Å². The molecule has 2 heterocycles. The van der Waals surface area contributed by atoms with Gasteiger partial charge in [-0.15, -0.1) is 0 Å². The van der Waals surface area contributed by atoms with Crippen molar-refractivity contribution < 1.29 is 13.9 Å². The minimum absolute atomic E-state index is 0.184. The molecular formula is C19H26FNO2. The number of piperidine rings is 2. The number of rotatable bonds is 2.